The third-order valence-electron chi connectivity index (χ3n) is 7.11. The van der Waals surface area contributed by atoms with Crippen molar-refractivity contribution in [2.24, 2.45) is 0 Å². The van der Waals surface area contributed by atoms with Gasteiger partial charge in [0.1, 0.15) is 5.52 Å². The normalized spacial score (nSPS) is 13.3. The highest BCUT2D eigenvalue weighted by Crippen LogP contribution is 2.30. The number of aryl methyl sites for hydroxylation is 2. The topological polar surface area (TPSA) is 75.9 Å². The van der Waals surface area contributed by atoms with E-state index in [0.717, 1.165) is 54.5 Å². The van der Waals surface area contributed by atoms with Crippen LogP contribution in [0.2, 0.25) is 0 Å². The molecule has 202 valence electrons. The fraction of sp³-hybridized carbons (Fsp3) is 0.467. The molecule has 7 nitrogen and oxygen atoms in total. The molecule has 4 aromatic rings. The van der Waals surface area contributed by atoms with E-state index in [1.165, 1.54) is 28.5 Å². The zero-order chi connectivity index (χ0) is 27.2. The molecule has 2 aromatic carbocycles. The van der Waals surface area contributed by atoms with Gasteiger partial charge < -0.3 is 14.8 Å². The van der Waals surface area contributed by atoms with Gasteiger partial charge in [0.15, 0.2) is 5.65 Å². The number of carbonyl (C=O) groups is 1. The molecule has 38 heavy (non-hydrogen) atoms. The largest absolute Gasteiger partial charge is 0.353 e. The predicted molar refractivity (Wildman–Crippen MR) is 158 cm³/mol. The first-order chi connectivity index (χ1) is 18.3. The van der Waals surface area contributed by atoms with Gasteiger partial charge in [-0.1, -0.05) is 67.1 Å². The maximum Gasteiger partial charge on any atom is 0.233 e. The molecule has 2 heterocycles. The minimum absolute atomic E-state index is 0.00450. The number of benzene rings is 2. The van der Waals surface area contributed by atoms with Crippen molar-refractivity contribution in [1.29, 1.82) is 0 Å². The molecule has 0 aliphatic heterocycles. The Morgan fingerprint density at radius 2 is 1.74 bits per heavy atom. The van der Waals surface area contributed by atoms with Gasteiger partial charge in [-0.2, -0.15) is 0 Å². The summed E-state index contributed by atoms with van der Waals surface area (Å²) in [5.41, 5.74) is 6.27. The Morgan fingerprint density at radius 3 is 2.45 bits per heavy atom. The highest BCUT2D eigenvalue weighted by atomic mass is 32.2. The van der Waals surface area contributed by atoms with Gasteiger partial charge in [-0.15, -0.1) is 10.2 Å². The van der Waals surface area contributed by atoms with Gasteiger partial charge in [0.25, 0.3) is 0 Å². The summed E-state index contributed by atoms with van der Waals surface area (Å²) < 4.78 is 2.20. The number of thioether (sulfide) groups is 1. The average molecular weight is 533 g/mol. The number of rotatable bonds is 12. The Balaban J connectivity index is 1.50. The molecule has 8 heteroatoms. The first-order valence-corrected chi connectivity index (χ1v) is 14.5. The fourth-order valence-electron chi connectivity index (χ4n) is 4.75. The van der Waals surface area contributed by atoms with E-state index in [1.54, 1.807) is 0 Å². The van der Waals surface area contributed by atoms with Crippen molar-refractivity contribution < 1.29 is 4.79 Å². The summed E-state index contributed by atoms with van der Waals surface area (Å²) >= 11 is 1.36. The molecule has 0 aliphatic carbocycles. The summed E-state index contributed by atoms with van der Waals surface area (Å²) in [6.07, 6.45) is 2.03. The van der Waals surface area contributed by atoms with E-state index in [1.807, 2.05) is 6.92 Å². The Hall–Kier alpha value is -2.97. The van der Waals surface area contributed by atoms with E-state index < -0.39 is 0 Å². The van der Waals surface area contributed by atoms with Crippen LogP contribution in [0.3, 0.4) is 0 Å². The standard InChI is InChI=1S/C30H40N6OS/c1-7-35(8-2)17-9-10-22(5)31-29(37)23(6)38-30-32-28-27(33-34-30)25-18-21(4)13-16-26(25)36(28)19-24-14-11-20(3)12-15-24/h11-16,18,22-23H,7-10,17,19H2,1-6H3,(H,31,37). The van der Waals surface area contributed by atoms with Crippen LogP contribution >= 0.6 is 11.8 Å². The van der Waals surface area contributed by atoms with Crippen LogP contribution in [0.1, 0.15) is 57.2 Å². The van der Waals surface area contributed by atoms with Crippen molar-refractivity contribution in [1.82, 2.24) is 30.0 Å². The SMILES string of the molecule is CCN(CC)CCCC(C)NC(=O)C(C)Sc1nnc2c3cc(C)ccc3n(Cc3ccc(C)cc3)c2n1. The Bertz CT molecular complexity index is 1380. The molecule has 0 saturated carbocycles. The lowest BCUT2D eigenvalue weighted by molar-refractivity contribution is -0.120. The fourth-order valence-corrected chi connectivity index (χ4v) is 5.46. The number of fused-ring (bicyclic) bond motifs is 3. The number of amides is 1. The van der Waals surface area contributed by atoms with Gasteiger partial charge in [0, 0.05) is 18.0 Å². The Morgan fingerprint density at radius 1 is 1.03 bits per heavy atom. The van der Waals surface area contributed by atoms with Gasteiger partial charge in [0.05, 0.1) is 10.8 Å². The lowest BCUT2D eigenvalue weighted by Crippen LogP contribution is -2.38. The molecule has 0 aliphatic rings. The van der Waals surface area contributed by atoms with Gasteiger partial charge >= 0.3 is 0 Å². The van der Waals surface area contributed by atoms with E-state index in [9.17, 15) is 4.79 Å². The molecule has 1 amide bonds. The van der Waals surface area contributed by atoms with E-state index >= 15 is 0 Å². The minimum atomic E-state index is -0.323. The lowest BCUT2D eigenvalue weighted by Gasteiger charge is -2.20. The van der Waals surface area contributed by atoms with E-state index in [0.29, 0.717) is 11.7 Å². The molecule has 0 fully saturated rings. The van der Waals surface area contributed by atoms with Gasteiger partial charge in [-0.05, 0) is 77.9 Å². The van der Waals surface area contributed by atoms with Crippen LogP contribution in [0, 0.1) is 13.8 Å². The van der Waals surface area contributed by atoms with Crippen LogP contribution in [-0.2, 0) is 11.3 Å². The first kappa shape index (κ1) is 28.0. The van der Waals surface area contributed by atoms with Crippen molar-refractivity contribution in [3.8, 4) is 0 Å². The van der Waals surface area contributed by atoms with E-state index in [-0.39, 0.29) is 17.2 Å². The second-order valence-corrected chi connectivity index (χ2v) is 11.5. The smallest absolute Gasteiger partial charge is 0.233 e. The maximum absolute atomic E-state index is 12.9. The zero-order valence-corrected chi connectivity index (χ0v) is 24.3. The summed E-state index contributed by atoms with van der Waals surface area (Å²) in [6, 6.07) is 15.1. The molecule has 0 spiro atoms. The molecule has 0 bridgehead atoms. The summed E-state index contributed by atoms with van der Waals surface area (Å²) in [5.74, 6) is 0.00450. The van der Waals surface area contributed by atoms with Gasteiger partial charge in [-0.25, -0.2) is 4.98 Å². The summed E-state index contributed by atoms with van der Waals surface area (Å²) in [4.78, 5) is 20.2. The molecule has 1 N–H and O–H groups in total. The number of aromatic nitrogens is 4. The molecule has 0 saturated heterocycles. The average Bonchev–Trinajstić information content (AvgIpc) is 3.19. The molecular weight excluding hydrogens is 492 g/mol. The molecule has 4 rings (SSSR count). The van der Waals surface area contributed by atoms with Crippen LogP contribution in [-0.4, -0.2) is 61.5 Å². The zero-order valence-electron chi connectivity index (χ0n) is 23.5. The van der Waals surface area contributed by atoms with Crippen LogP contribution in [0.15, 0.2) is 47.6 Å². The van der Waals surface area contributed by atoms with Crippen molar-refractivity contribution in [2.45, 2.75) is 77.4 Å². The number of nitrogens with one attached hydrogen (secondary N) is 1. The number of carbonyl (C=O) groups excluding carboxylic acids is 1. The van der Waals surface area contributed by atoms with Gasteiger partial charge in [-0.3, -0.25) is 4.79 Å². The van der Waals surface area contributed by atoms with Crippen molar-refractivity contribution in [3.05, 3.63) is 59.2 Å². The summed E-state index contributed by atoms with van der Waals surface area (Å²) in [5, 5.41) is 13.4. The third-order valence-corrected chi connectivity index (χ3v) is 8.06. The van der Waals surface area contributed by atoms with Crippen molar-refractivity contribution in [2.75, 3.05) is 19.6 Å². The van der Waals surface area contributed by atoms with Crippen LogP contribution in [0.25, 0.3) is 22.1 Å². The number of hydrogen-bond acceptors (Lipinski definition) is 6. The second kappa shape index (κ2) is 12.7. The monoisotopic (exact) mass is 532 g/mol. The highest BCUT2D eigenvalue weighted by Gasteiger charge is 2.21. The van der Waals surface area contributed by atoms with Crippen molar-refractivity contribution >= 4 is 39.7 Å². The number of nitrogens with zero attached hydrogens (tertiary/aromatic N) is 5. The summed E-state index contributed by atoms with van der Waals surface area (Å²) in [7, 11) is 0. The highest BCUT2D eigenvalue weighted by molar-refractivity contribution is 8.00. The van der Waals surface area contributed by atoms with Crippen molar-refractivity contribution in [3.63, 3.8) is 0 Å². The first-order valence-electron chi connectivity index (χ1n) is 13.7. The minimum Gasteiger partial charge on any atom is -0.353 e. The lowest BCUT2D eigenvalue weighted by atomic mass is 10.1. The van der Waals surface area contributed by atoms with E-state index in [2.05, 4.69) is 102 Å². The molecule has 2 atom stereocenters. The third kappa shape index (κ3) is 6.72. The van der Waals surface area contributed by atoms with Gasteiger partial charge in [0.2, 0.25) is 11.1 Å². The molecule has 2 aromatic heterocycles. The quantitative estimate of drug-likeness (QED) is 0.234. The Kier molecular flexibility index (Phi) is 9.39. The van der Waals surface area contributed by atoms with Crippen LogP contribution in [0.5, 0.6) is 0 Å². The van der Waals surface area contributed by atoms with Crippen LogP contribution < -0.4 is 5.32 Å². The van der Waals surface area contributed by atoms with Crippen LogP contribution in [0.4, 0.5) is 0 Å². The summed E-state index contributed by atoms with van der Waals surface area (Å²) in [6.45, 7) is 16.4. The molecule has 0 radical (unpaired) electrons. The van der Waals surface area contributed by atoms with E-state index in [4.69, 9.17) is 4.98 Å². The Labute approximate surface area is 230 Å². The molecule has 2 unspecified atom stereocenters. The molecular formula is C30H40N6OS. The second-order valence-electron chi connectivity index (χ2n) is 10.2. The maximum atomic E-state index is 12.9. The predicted octanol–water partition coefficient (Wildman–Crippen LogP) is 5.75. The number of hydrogen-bond donors (Lipinski definition) is 1.